The average Bonchev–Trinajstić information content (AvgIpc) is 3.13. The highest BCUT2D eigenvalue weighted by Crippen LogP contribution is 2.41. The molecule has 0 radical (unpaired) electrons. The molecule has 0 amide bonds. The van der Waals surface area contributed by atoms with Crippen LogP contribution in [0.5, 0.6) is 23.0 Å². The number of hydrogen-bond acceptors (Lipinski definition) is 5. The molecule has 33 heavy (non-hydrogen) atoms. The highest BCUT2D eigenvalue weighted by molar-refractivity contribution is 5.88. The first-order valence-corrected chi connectivity index (χ1v) is 9.90. The standard InChI is InChI=1S/C24H21F3N2O4/c1-14-19-10-5-15(16-12-21(30-2)23(32-4)22(13-16)31-3)11-20(19)29(28-14)17-6-8-18(9-7-17)33-24(25,26)27/h5-13H,1-4H3. The summed E-state index contributed by atoms with van der Waals surface area (Å²) in [7, 11) is 4.64. The van der Waals surface area contributed by atoms with E-state index in [0.29, 0.717) is 22.9 Å². The summed E-state index contributed by atoms with van der Waals surface area (Å²) in [6.07, 6.45) is -4.74. The van der Waals surface area contributed by atoms with Gasteiger partial charge in [-0.1, -0.05) is 12.1 Å². The van der Waals surface area contributed by atoms with Gasteiger partial charge in [-0.15, -0.1) is 13.2 Å². The van der Waals surface area contributed by atoms with Crippen molar-refractivity contribution in [1.82, 2.24) is 9.78 Å². The topological polar surface area (TPSA) is 54.7 Å². The lowest BCUT2D eigenvalue weighted by Gasteiger charge is -2.14. The fourth-order valence-electron chi connectivity index (χ4n) is 3.68. The van der Waals surface area contributed by atoms with Gasteiger partial charge in [0.2, 0.25) is 5.75 Å². The Kier molecular flexibility index (Phi) is 5.80. The number of aryl methyl sites for hydroxylation is 1. The van der Waals surface area contributed by atoms with Crippen LogP contribution in [0.4, 0.5) is 13.2 Å². The van der Waals surface area contributed by atoms with Crippen LogP contribution in [0.2, 0.25) is 0 Å². The van der Waals surface area contributed by atoms with Gasteiger partial charge in [-0.3, -0.25) is 0 Å². The Hall–Kier alpha value is -3.88. The van der Waals surface area contributed by atoms with Crippen LogP contribution in [-0.4, -0.2) is 37.5 Å². The molecule has 0 fully saturated rings. The van der Waals surface area contributed by atoms with E-state index in [2.05, 4.69) is 9.84 Å². The Morgan fingerprint density at radius 3 is 1.97 bits per heavy atom. The number of fused-ring (bicyclic) bond motifs is 1. The number of aromatic nitrogens is 2. The lowest BCUT2D eigenvalue weighted by molar-refractivity contribution is -0.274. The van der Waals surface area contributed by atoms with E-state index in [1.54, 1.807) is 26.0 Å². The minimum absolute atomic E-state index is 0.294. The molecule has 0 aliphatic heterocycles. The molecule has 6 nitrogen and oxygen atoms in total. The molecule has 172 valence electrons. The molecule has 9 heteroatoms. The van der Waals surface area contributed by atoms with Crippen LogP contribution in [0, 0.1) is 6.92 Å². The molecule has 1 aromatic heterocycles. The molecule has 0 saturated heterocycles. The SMILES string of the molecule is COc1cc(-c2ccc3c(C)nn(-c4ccc(OC(F)(F)F)cc4)c3c2)cc(OC)c1OC. The minimum Gasteiger partial charge on any atom is -0.493 e. The molecule has 0 aliphatic carbocycles. The Balaban J connectivity index is 1.80. The van der Waals surface area contributed by atoms with Gasteiger partial charge in [0.05, 0.1) is 38.2 Å². The molecular formula is C24H21F3N2O4. The highest BCUT2D eigenvalue weighted by Gasteiger charge is 2.31. The number of ether oxygens (including phenoxy) is 4. The van der Waals surface area contributed by atoms with Crippen LogP contribution >= 0.6 is 0 Å². The number of hydrogen-bond donors (Lipinski definition) is 0. The summed E-state index contributed by atoms with van der Waals surface area (Å²) in [5.41, 5.74) is 3.90. The van der Waals surface area contributed by atoms with Crippen molar-refractivity contribution in [3.63, 3.8) is 0 Å². The quantitative estimate of drug-likeness (QED) is 0.359. The fraction of sp³-hybridized carbons (Fsp3) is 0.208. The lowest BCUT2D eigenvalue weighted by atomic mass is 10.0. The molecule has 0 bridgehead atoms. The molecule has 3 aromatic carbocycles. The molecule has 1 heterocycles. The summed E-state index contributed by atoms with van der Waals surface area (Å²) in [4.78, 5) is 0. The molecule has 4 rings (SSSR count). The van der Waals surface area contributed by atoms with Crippen LogP contribution in [0.15, 0.2) is 54.6 Å². The number of nitrogens with zero attached hydrogens (tertiary/aromatic N) is 2. The van der Waals surface area contributed by atoms with Crippen molar-refractivity contribution in [3.05, 3.63) is 60.3 Å². The average molecular weight is 458 g/mol. The van der Waals surface area contributed by atoms with E-state index in [1.165, 1.54) is 24.3 Å². The smallest absolute Gasteiger partial charge is 0.493 e. The Morgan fingerprint density at radius 1 is 0.788 bits per heavy atom. The zero-order valence-electron chi connectivity index (χ0n) is 18.4. The van der Waals surface area contributed by atoms with Crippen molar-refractivity contribution >= 4 is 10.9 Å². The second kappa shape index (κ2) is 8.57. The maximum absolute atomic E-state index is 12.5. The third-order valence-electron chi connectivity index (χ3n) is 5.18. The lowest BCUT2D eigenvalue weighted by Crippen LogP contribution is -2.17. The summed E-state index contributed by atoms with van der Waals surface area (Å²) >= 11 is 0. The van der Waals surface area contributed by atoms with Gasteiger partial charge in [-0.2, -0.15) is 5.10 Å². The summed E-state index contributed by atoms with van der Waals surface area (Å²) in [5.74, 6) is 1.25. The number of halogens is 3. The van der Waals surface area contributed by atoms with Crippen LogP contribution in [0.25, 0.3) is 27.7 Å². The van der Waals surface area contributed by atoms with E-state index in [0.717, 1.165) is 27.7 Å². The van der Waals surface area contributed by atoms with Gasteiger partial charge >= 0.3 is 6.36 Å². The summed E-state index contributed by atoms with van der Waals surface area (Å²) < 4.78 is 59.4. The van der Waals surface area contributed by atoms with Crippen LogP contribution in [0.3, 0.4) is 0 Å². The summed E-state index contributed by atoms with van der Waals surface area (Å²) in [6.45, 7) is 1.87. The third-order valence-corrected chi connectivity index (χ3v) is 5.18. The van der Waals surface area contributed by atoms with E-state index in [-0.39, 0.29) is 5.75 Å². The molecule has 0 saturated carbocycles. The van der Waals surface area contributed by atoms with Gasteiger partial charge in [0.1, 0.15) is 5.75 Å². The number of methoxy groups -OCH3 is 3. The van der Waals surface area contributed by atoms with E-state index in [9.17, 15) is 13.2 Å². The Labute approximate surface area is 188 Å². The predicted molar refractivity (Wildman–Crippen MR) is 118 cm³/mol. The van der Waals surface area contributed by atoms with Crippen LogP contribution in [0.1, 0.15) is 5.69 Å². The zero-order valence-corrected chi connectivity index (χ0v) is 18.4. The van der Waals surface area contributed by atoms with Crippen molar-refractivity contribution in [3.8, 4) is 39.8 Å². The Morgan fingerprint density at radius 2 is 1.42 bits per heavy atom. The first kappa shape index (κ1) is 22.3. The number of benzene rings is 3. The molecule has 0 N–H and O–H groups in total. The van der Waals surface area contributed by atoms with Crippen molar-refractivity contribution in [2.24, 2.45) is 0 Å². The molecule has 0 aliphatic rings. The fourth-order valence-corrected chi connectivity index (χ4v) is 3.68. The van der Waals surface area contributed by atoms with Gasteiger partial charge in [0, 0.05) is 5.39 Å². The van der Waals surface area contributed by atoms with Crippen molar-refractivity contribution in [1.29, 1.82) is 0 Å². The summed E-state index contributed by atoms with van der Waals surface area (Å²) in [6, 6.07) is 15.1. The second-order valence-corrected chi connectivity index (χ2v) is 7.18. The van der Waals surface area contributed by atoms with Crippen LogP contribution < -0.4 is 18.9 Å². The second-order valence-electron chi connectivity index (χ2n) is 7.18. The van der Waals surface area contributed by atoms with Crippen molar-refractivity contribution < 1.29 is 32.1 Å². The first-order valence-electron chi connectivity index (χ1n) is 9.90. The Bertz CT molecular complexity index is 1270. The van der Waals surface area contributed by atoms with Crippen molar-refractivity contribution in [2.75, 3.05) is 21.3 Å². The van der Waals surface area contributed by atoms with Gasteiger partial charge in [-0.25, -0.2) is 4.68 Å². The minimum atomic E-state index is -4.74. The molecular weight excluding hydrogens is 437 g/mol. The van der Waals surface area contributed by atoms with Gasteiger partial charge in [0.15, 0.2) is 11.5 Å². The van der Waals surface area contributed by atoms with Crippen molar-refractivity contribution in [2.45, 2.75) is 13.3 Å². The number of alkyl halides is 3. The largest absolute Gasteiger partial charge is 0.573 e. The molecule has 0 atom stereocenters. The number of rotatable bonds is 6. The van der Waals surface area contributed by atoms with Gasteiger partial charge < -0.3 is 18.9 Å². The van der Waals surface area contributed by atoms with E-state index in [1.807, 2.05) is 37.3 Å². The first-order chi connectivity index (χ1) is 15.7. The van der Waals surface area contributed by atoms with Crippen LogP contribution in [-0.2, 0) is 0 Å². The molecule has 4 aromatic rings. The zero-order chi connectivity index (χ0) is 23.8. The predicted octanol–water partition coefficient (Wildman–Crippen LogP) is 5.93. The normalized spacial score (nSPS) is 11.5. The van der Waals surface area contributed by atoms with Gasteiger partial charge in [-0.05, 0) is 60.5 Å². The van der Waals surface area contributed by atoms with E-state index < -0.39 is 6.36 Å². The van der Waals surface area contributed by atoms with E-state index in [4.69, 9.17) is 14.2 Å². The summed E-state index contributed by atoms with van der Waals surface area (Å²) in [5, 5.41) is 5.50. The molecule has 0 spiro atoms. The highest BCUT2D eigenvalue weighted by atomic mass is 19.4. The van der Waals surface area contributed by atoms with Gasteiger partial charge in [0.25, 0.3) is 0 Å². The maximum Gasteiger partial charge on any atom is 0.573 e. The van der Waals surface area contributed by atoms with E-state index >= 15 is 0 Å². The molecule has 0 unspecified atom stereocenters. The monoisotopic (exact) mass is 458 g/mol. The third kappa shape index (κ3) is 4.39. The maximum atomic E-state index is 12.5.